The quantitative estimate of drug-likeness (QED) is 0.701. The third-order valence-electron chi connectivity index (χ3n) is 3.21. The second kappa shape index (κ2) is 6.56. The topological polar surface area (TPSA) is 59.4 Å². The number of rotatable bonds is 4. The van der Waals surface area contributed by atoms with Gasteiger partial charge in [0.2, 0.25) is 0 Å². The summed E-state index contributed by atoms with van der Waals surface area (Å²) >= 11 is 0.995. The van der Waals surface area contributed by atoms with Gasteiger partial charge in [-0.3, -0.25) is 0 Å². The lowest BCUT2D eigenvalue weighted by Gasteiger charge is -2.11. The number of nitrogens with zero attached hydrogens (tertiary/aromatic N) is 1. The Morgan fingerprint density at radius 2 is 1.68 bits per heavy atom. The molecular weight excluding hydrogens is 355 g/mol. The molecule has 0 aliphatic rings. The first-order chi connectivity index (χ1) is 11.8. The van der Waals surface area contributed by atoms with Gasteiger partial charge in [0.1, 0.15) is 10.8 Å². The van der Waals surface area contributed by atoms with Gasteiger partial charge in [-0.15, -0.1) is 24.5 Å². The number of halogens is 3. The summed E-state index contributed by atoms with van der Waals surface area (Å²) in [4.78, 5) is 15.9. The summed E-state index contributed by atoms with van der Waals surface area (Å²) in [5.74, 6) is -1.68. The third kappa shape index (κ3) is 3.80. The summed E-state index contributed by atoms with van der Waals surface area (Å²) in [6.07, 6.45) is -4.86. The molecule has 0 atom stereocenters. The molecule has 0 aliphatic carbocycles. The summed E-state index contributed by atoms with van der Waals surface area (Å²) in [6.45, 7) is 0. The highest BCUT2D eigenvalue weighted by Crippen LogP contribution is 2.40. The van der Waals surface area contributed by atoms with Gasteiger partial charge in [0, 0.05) is 0 Å². The molecule has 128 valence electrons. The second-order valence-corrected chi connectivity index (χ2v) is 5.91. The molecule has 0 radical (unpaired) electrons. The van der Waals surface area contributed by atoms with Crippen LogP contribution in [0.25, 0.3) is 21.0 Å². The zero-order valence-corrected chi connectivity index (χ0v) is 13.3. The van der Waals surface area contributed by atoms with Crippen LogP contribution >= 0.6 is 11.3 Å². The first-order valence-corrected chi connectivity index (χ1v) is 7.81. The van der Waals surface area contributed by atoms with Gasteiger partial charge in [-0.25, -0.2) is 9.78 Å². The summed E-state index contributed by atoms with van der Waals surface area (Å²) in [5, 5.41) is 9.51. The molecule has 0 saturated carbocycles. The minimum Gasteiger partial charge on any atom is -0.476 e. The van der Waals surface area contributed by atoms with E-state index in [0.29, 0.717) is 10.4 Å². The molecule has 2 aromatic carbocycles. The van der Waals surface area contributed by atoms with Crippen molar-refractivity contribution >= 4 is 17.3 Å². The molecule has 0 fully saturated rings. The summed E-state index contributed by atoms with van der Waals surface area (Å²) < 4.78 is 41.8. The molecule has 25 heavy (non-hydrogen) atoms. The summed E-state index contributed by atoms with van der Waals surface area (Å²) in [6, 6.07) is 14.2. The zero-order chi connectivity index (χ0) is 18.0. The monoisotopic (exact) mass is 365 g/mol. The lowest BCUT2D eigenvalue weighted by Crippen LogP contribution is -2.17. The molecule has 1 heterocycles. The van der Waals surface area contributed by atoms with Crippen LogP contribution < -0.4 is 4.74 Å². The number of thiazole rings is 1. The first kappa shape index (κ1) is 17.0. The average Bonchev–Trinajstić information content (AvgIpc) is 3.00. The fraction of sp³-hybridized carbons (Fsp3) is 0.0588. The highest BCUT2D eigenvalue weighted by atomic mass is 32.1. The van der Waals surface area contributed by atoms with Crippen molar-refractivity contribution in [1.82, 2.24) is 4.98 Å². The Balaban J connectivity index is 2.13. The Bertz CT molecular complexity index is 907. The SMILES string of the molecule is O=C(O)c1nc(-c2ccccc2OC(F)(F)F)sc1-c1ccccc1. The number of para-hydroxylation sites is 1. The zero-order valence-electron chi connectivity index (χ0n) is 12.4. The van der Waals surface area contributed by atoms with E-state index in [2.05, 4.69) is 9.72 Å². The molecule has 8 heteroatoms. The lowest BCUT2D eigenvalue weighted by molar-refractivity contribution is -0.274. The number of alkyl halides is 3. The van der Waals surface area contributed by atoms with Gasteiger partial charge >= 0.3 is 12.3 Å². The van der Waals surface area contributed by atoms with Crippen molar-refractivity contribution in [2.45, 2.75) is 6.36 Å². The first-order valence-electron chi connectivity index (χ1n) is 7.00. The molecule has 1 aromatic heterocycles. The largest absolute Gasteiger partial charge is 0.573 e. The maximum absolute atomic E-state index is 12.6. The van der Waals surface area contributed by atoms with Crippen molar-refractivity contribution in [1.29, 1.82) is 0 Å². The van der Waals surface area contributed by atoms with Crippen LogP contribution in [-0.2, 0) is 0 Å². The number of ether oxygens (including phenoxy) is 1. The van der Waals surface area contributed by atoms with Crippen molar-refractivity contribution in [3.05, 3.63) is 60.3 Å². The molecule has 0 amide bonds. The standard InChI is InChI=1S/C17H10F3NO3S/c18-17(19,20)24-12-9-5-4-8-11(12)15-21-13(16(22)23)14(25-15)10-6-2-1-3-7-10/h1-9H,(H,22,23). The van der Waals surface area contributed by atoms with Crippen molar-refractivity contribution in [2.24, 2.45) is 0 Å². The van der Waals surface area contributed by atoms with E-state index in [1.165, 1.54) is 18.2 Å². The van der Waals surface area contributed by atoms with Gasteiger partial charge in [-0.1, -0.05) is 42.5 Å². The molecule has 4 nitrogen and oxygen atoms in total. The van der Waals surface area contributed by atoms with Crippen molar-refractivity contribution < 1.29 is 27.8 Å². The average molecular weight is 365 g/mol. The molecule has 1 N–H and O–H groups in total. The van der Waals surface area contributed by atoms with E-state index in [1.54, 1.807) is 30.3 Å². The molecule has 0 aliphatic heterocycles. The molecular formula is C17H10F3NO3S. The van der Waals surface area contributed by atoms with Gasteiger partial charge in [-0.05, 0) is 17.7 Å². The van der Waals surface area contributed by atoms with Crippen LogP contribution in [0.4, 0.5) is 13.2 Å². The highest BCUT2D eigenvalue weighted by Gasteiger charge is 2.32. The third-order valence-corrected chi connectivity index (χ3v) is 4.35. The summed E-state index contributed by atoms with van der Waals surface area (Å²) in [7, 11) is 0. The van der Waals surface area contributed by atoms with Crippen LogP contribution in [0.3, 0.4) is 0 Å². The number of hydrogen-bond acceptors (Lipinski definition) is 4. The van der Waals surface area contributed by atoms with Gasteiger partial charge in [0.15, 0.2) is 5.69 Å². The maximum atomic E-state index is 12.6. The summed E-state index contributed by atoms with van der Waals surface area (Å²) in [5.41, 5.74) is 0.486. The number of carboxylic acid groups (broad SMARTS) is 1. The number of benzene rings is 2. The highest BCUT2D eigenvalue weighted by molar-refractivity contribution is 7.18. The van der Waals surface area contributed by atoms with E-state index in [0.717, 1.165) is 17.4 Å². The van der Waals surface area contributed by atoms with Crippen LogP contribution in [0.2, 0.25) is 0 Å². The van der Waals surface area contributed by atoms with Crippen molar-refractivity contribution in [3.63, 3.8) is 0 Å². The van der Waals surface area contributed by atoms with E-state index in [4.69, 9.17) is 0 Å². The predicted octanol–water partition coefficient (Wildman–Crippen LogP) is 5.07. The second-order valence-electron chi connectivity index (χ2n) is 4.91. The van der Waals surface area contributed by atoms with Gasteiger partial charge in [-0.2, -0.15) is 0 Å². The molecule has 0 unspecified atom stereocenters. The molecule has 3 aromatic rings. The minimum atomic E-state index is -4.86. The smallest absolute Gasteiger partial charge is 0.476 e. The number of carbonyl (C=O) groups is 1. The van der Waals surface area contributed by atoms with Crippen LogP contribution in [0.15, 0.2) is 54.6 Å². The van der Waals surface area contributed by atoms with E-state index in [9.17, 15) is 23.1 Å². The molecule has 0 bridgehead atoms. The van der Waals surface area contributed by atoms with Crippen LogP contribution in [0.5, 0.6) is 5.75 Å². The maximum Gasteiger partial charge on any atom is 0.573 e. The molecule has 0 saturated heterocycles. The minimum absolute atomic E-state index is 0.0782. The fourth-order valence-corrected chi connectivity index (χ4v) is 3.31. The lowest BCUT2D eigenvalue weighted by atomic mass is 10.1. The van der Waals surface area contributed by atoms with E-state index in [1.807, 2.05) is 0 Å². The Hall–Kier alpha value is -2.87. The van der Waals surface area contributed by atoms with Crippen molar-refractivity contribution in [3.8, 4) is 26.8 Å². The predicted molar refractivity (Wildman–Crippen MR) is 86.6 cm³/mol. The van der Waals surface area contributed by atoms with Gasteiger partial charge in [0.25, 0.3) is 0 Å². The van der Waals surface area contributed by atoms with E-state index >= 15 is 0 Å². The number of carboxylic acids is 1. The molecule has 0 spiro atoms. The van der Waals surface area contributed by atoms with Crippen molar-refractivity contribution in [2.75, 3.05) is 0 Å². The van der Waals surface area contributed by atoms with Crippen LogP contribution in [0.1, 0.15) is 10.5 Å². The van der Waals surface area contributed by atoms with Gasteiger partial charge in [0.05, 0.1) is 10.4 Å². The van der Waals surface area contributed by atoms with E-state index < -0.39 is 18.1 Å². The number of aromatic carboxylic acids is 1. The fourth-order valence-electron chi connectivity index (χ4n) is 2.22. The normalized spacial score (nSPS) is 11.3. The number of hydrogen-bond donors (Lipinski definition) is 1. The Kier molecular flexibility index (Phi) is 4.45. The molecule has 3 rings (SSSR count). The Morgan fingerprint density at radius 3 is 2.32 bits per heavy atom. The van der Waals surface area contributed by atoms with Crippen LogP contribution in [-0.4, -0.2) is 22.4 Å². The Labute approximate surface area is 144 Å². The van der Waals surface area contributed by atoms with Crippen LogP contribution in [0, 0.1) is 0 Å². The number of aromatic nitrogens is 1. The van der Waals surface area contributed by atoms with E-state index in [-0.39, 0.29) is 16.3 Å². The Morgan fingerprint density at radius 1 is 1.04 bits per heavy atom. The van der Waals surface area contributed by atoms with Gasteiger partial charge < -0.3 is 9.84 Å².